The molecule has 1 heterocycles. The van der Waals surface area contributed by atoms with Crippen LogP contribution in [-0.4, -0.2) is 54.8 Å². The Kier molecular flexibility index (Phi) is 5.55. The average Bonchev–Trinajstić information content (AvgIpc) is 3.23. The summed E-state index contributed by atoms with van der Waals surface area (Å²) >= 11 is 0. The van der Waals surface area contributed by atoms with Crippen molar-refractivity contribution >= 4 is 5.82 Å². The van der Waals surface area contributed by atoms with Gasteiger partial charge >= 0.3 is 0 Å². The fourth-order valence-corrected chi connectivity index (χ4v) is 2.00. The van der Waals surface area contributed by atoms with E-state index in [1.807, 2.05) is 13.0 Å². The minimum atomic E-state index is 0.386. The highest BCUT2D eigenvalue weighted by molar-refractivity contribution is 5.38. The van der Waals surface area contributed by atoms with Gasteiger partial charge in [0.25, 0.3) is 0 Å². The fraction of sp³-hybridized carbons (Fsp3) is 0.714. The number of hydrogen-bond donors (Lipinski definition) is 1. The maximum Gasteiger partial charge on any atom is 0.218 e. The minimum Gasteiger partial charge on any atom is -0.476 e. The molecule has 0 aromatic carbocycles. The third-order valence-electron chi connectivity index (χ3n) is 3.24. The summed E-state index contributed by atoms with van der Waals surface area (Å²) in [4.78, 5) is 11.0. The van der Waals surface area contributed by atoms with Crippen molar-refractivity contribution < 1.29 is 9.47 Å². The first-order chi connectivity index (χ1) is 9.72. The van der Waals surface area contributed by atoms with Crippen molar-refractivity contribution in [1.29, 1.82) is 0 Å². The zero-order chi connectivity index (χ0) is 14.4. The lowest BCUT2D eigenvalue weighted by Crippen LogP contribution is -2.26. The molecule has 1 aliphatic carbocycles. The summed E-state index contributed by atoms with van der Waals surface area (Å²) in [6.07, 6.45) is 2.62. The van der Waals surface area contributed by atoms with Crippen LogP contribution in [0.4, 0.5) is 5.82 Å². The summed E-state index contributed by atoms with van der Waals surface area (Å²) in [5.41, 5.74) is 0. The molecule has 0 aliphatic heterocycles. The standard InChI is InChI=1S/C14H24N4O2/c1-4-15-12-9-14(17-13(16-12)10-19-3)20-8-7-18(2)11-5-6-11/h9,11H,4-8,10H2,1-3H3,(H,15,16,17). The number of anilines is 1. The molecule has 1 aliphatic rings. The van der Waals surface area contributed by atoms with E-state index in [2.05, 4.69) is 27.2 Å². The van der Waals surface area contributed by atoms with Crippen LogP contribution in [0.15, 0.2) is 6.07 Å². The van der Waals surface area contributed by atoms with Gasteiger partial charge in [0.2, 0.25) is 5.88 Å². The molecule has 0 atom stereocenters. The Morgan fingerprint density at radius 2 is 2.20 bits per heavy atom. The van der Waals surface area contributed by atoms with E-state index in [0.717, 1.165) is 24.9 Å². The molecule has 0 spiro atoms. The second-order valence-electron chi connectivity index (χ2n) is 5.03. The number of ether oxygens (including phenoxy) is 2. The monoisotopic (exact) mass is 280 g/mol. The van der Waals surface area contributed by atoms with Crippen molar-refractivity contribution in [1.82, 2.24) is 14.9 Å². The molecule has 0 bridgehead atoms. The van der Waals surface area contributed by atoms with Gasteiger partial charge < -0.3 is 19.7 Å². The van der Waals surface area contributed by atoms with E-state index in [9.17, 15) is 0 Å². The van der Waals surface area contributed by atoms with Gasteiger partial charge in [-0.25, -0.2) is 4.98 Å². The average molecular weight is 280 g/mol. The number of nitrogens with zero attached hydrogens (tertiary/aromatic N) is 3. The van der Waals surface area contributed by atoms with E-state index >= 15 is 0 Å². The first-order valence-electron chi connectivity index (χ1n) is 7.16. The number of rotatable bonds is 9. The highest BCUT2D eigenvalue weighted by Crippen LogP contribution is 2.24. The van der Waals surface area contributed by atoms with Gasteiger partial charge in [-0.2, -0.15) is 4.98 Å². The number of hydrogen-bond acceptors (Lipinski definition) is 6. The van der Waals surface area contributed by atoms with Crippen LogP contribution >= 0.6 is 0 Å². The normalized spacial score (nSPS) is 14.6. The summed E-state index contributed by atoms with van der Waals surface area (Å²) < 4.78 is 10.8. The van der Waals surface area contributed by atoms with E-state index in [1.165, 1.54) is 12.8 Å². The van der Waals surface area contributed by atoms with Crippen LogP contribution < -0.4 is 10.1 Å². The molecule has 0 unspecified atom stereocenters. The summed E-state index contributed by atoms with van der Waals surface area (Å²) in [7, 11) is 3.77. The van der Waals surface area contributed by atoms with Gasteiger partial charge in [-0.3, -0.25) is 0 Å². The molecule has 20 heavy (non-hydrogen) atoms. The quantitative estimate of drug-likeness (QED) is 0.740. The zero-order valence-electron chi connectivity index (χ0n) is 12.6. The van der Waals surface area contributed by atoms with Gasteiger partial charge in [0.1, 0.15) is 19.0 Å². The van der Waals surface area contributed by atoms with Crippen molar-refractivity contribution in [2.24, 2.45) is 0 Å². The first-order valence-corrected chi connectivity index (χ1v) is 7.16. The maximum absolute atomic E-state index is 5.74. The van der Waals surface area contributed by atoms with Gasteiger partial charge in [-0.1, -0.05) is 0 Å². The Morgan fingerprint density at radius 3 is 2.85 bits per heavy atom. The van der Waals surface area contributed by atoms with Crippen LogP contribution in [-0.2, 0) is 11.3 Å². The van der Waals surface area contributed by atoms with Crippen molar-refractivity contribution in [3.63, 3.8) is 0 Å². The highest BCUT2D eigenvalue weighted by atomic mass is 16.5. The number of methoxy groups -OCH3 is 1. The van der Waals surface area contributed by atoms with Crippen LogP contribution in [0.5, 0.6) is 5.88 Å². The van der Waals surface area contributed by atoms with Crippen molar-refractivity contribution in [2.75, 3.05) is 39.2 Å². The molecule has 1 aromatic heterocycles. The Balaban J connectivity index is 1.90. The number of likely N-dealkylation sites (N-methyl/N-ethyl adjacent to an activating group) is 1. The second kappa shape index (κ2) is 7.40. The van der Waals surface area contributed by atoms with Gasteiger partial charge in [-0.05, 0) is 26.8 Å². The molecule has 0 radical (unpaired) electrons. The Labute approximate surface area is 120 Å². The molecule has 6 heteroatoms. The largest absolute Gasteiger partial charge is 0.476 e. The number of nitrogens with one attached hydrogen (secondary N) is 1. The van der Waals surface area contributed by atoms with Crippen LogP contribution in [0.25, 0.3) is 0 Å². The molecule has 2 rings (SSSR count). The van der Waals surface area contributed by atoms with Gasteiger partial charge in [-0.15, -0.1) is 0 Å². The summed E-state index contributed by atoms with van der Waals surface area (Å²) in [5, 5.41) is 3.18. The van der Waals surface area contributed by atoms with E-state index in [4.69, 9.17) is 9.47 Å². The molecule has 1 N–H and O–H groups in total. The van der Waals surface area contributed by atoms with E-state index < -0.39 is 0 Å². The predicted octanol–water partition coefficient (Wildman–Crippen LogP) is 1.53. The lowest BCUT2D eigenvalue weighted by Gasteiger charge is -2.16. The van der Waals surface area contributed by atoms with E-state index in [1.54, 1.807) is 7.11 Å². The molecule has 1 aromatic rings. The molecular formula is C14H24N4O2. The topological polar surface area (TPSA) is 59.5 Å². The van der Waals surface area contributed by atoms with Gasteiger partial charge in [0.05, 0.1) is 0 Å². The van der Waals surface area contributed by atoms with Gasteiger partial charge in [0, 0.05) is 32.3 Å². The molecule has 1 fully saturated rings. The zero-order valence-corrected chi connectivity index (χ0v) is 12.6. The summed E-state index contributed by atoms with van der Waals surface area (Å²) in [6.45, 7) is 4.79. The van der Waals surface area contributed by atoms with Crippen LogP contribution in [0, 0.1) is 0 Å². The Bertz CT molecular complexity index is 399. The third-order valence-corrected chi connectivity index (χ3v) is 3.24. The van der Waals surface area contributed by atoms with Crippen molar-refractivity contribution in [3.05, 3.63) is 11.9 Å². The minimum absolute atomic E-state index is 0.386. The SMILES string of the molecule is CCNc1cc(OCCN(C)C2CC2)nc(COC)n1. The molecule has 0 amide bonds. The van der Waals surface area contributed by atoms with Crippen LogP contribution in [0.3, 0.4) is 0 Å². The van der Waals surface area contributed by atoms with Crippen LogP contribution in [0.1, 0.15) is 25.6 Å². The lowest BCUT2D eigenvalue weighted by molar-refractivity contribution is 0.175. The molecule has 0 saturated heterocycles. The molecule has 112 valence electrons. The lowest BCUT2D eigenvalue weighted by atomic mass is 10.5. The Morgan fingerprint density at radius 1 is 1.40 bits per heavy atom. The van der Waals surface area contributed by atoms with Crippen LogP contribution in [0.2, 0.25) is 0 Å². The molecule has 1 saturated carbocycles. The van der Waals surface area contributed by atoms with E-state index in [0.29, 0.717) is 24.9 Å². The second-order valence-corrected chi connectivity index (χ2v) is 5.03. The fourth-order valence-electron chi connectivity index (χ4n) is 2.00. The number of aromatic nitrogens is 2. The molecule has 6 nitrogen and oxygen atoms in total. The third kappa shape index (κ3) is 4.61. The summed E-state index contributed by atoms with van der Waals surface area (Å²) in [5.74, 6) is 2.02. The Hall–Kier alpha value is -1.40. The summed E-state index contributed by atoms with van der Waals surface area (Å²) in [6, 6.07) is 2.59. The van der Waals surface area contributed by atoms with E-state index in [-0.39, 0.29) is 0 Å². The van der Waals surface area contributed by atoms with Crippen molar-refractivity contribution in [2.45, 2.75) is 32.4 Å². The van der Waals surface area contributed by atoms with Crippen molar-refractivity contribution in [3.8, 4) is 5.88 Å². The maximum atomic E-state index is 5.74. The molecular weight excluding hydrogens is 256 g/mol. The first kappa shape index (κ1) is 15.0. The predicted molar refractivity (Wildman–Crippen MR) is 78.1 cm³/mol. The smallest absolute Gasteiger partial charge is 0.218 e. The highest BCUT2D eigenvalue weighted by Gasteiger charge is 2.25. The van der Waals surface area contributed by atoms with Gasteiger partial charge in [0.15, 0.2) is 5.82 Å².